The molecule has 4 aromatic rings. The van der Waals surface area contributed by atoms with Gasteiger partial charge < -0.3 is 5.32 Å². The molecule has 0 saturated heterocycles. The highest BCUT2D eigenvalue weighted by molar-refractivity contribution is 6.34. The van der Waals surface area contributed by atoms with Gasteiger partial charge in [-0.05, 0) is 38.5 Å². The minimum Gasteiger partial charge on any atom is -0.371 e. The summed E-state index contributed by atoms with van der Waals surface area (Å²) in [6.07, 6.45) is 1.73. The van der Waals surface area contributed by atoms with Gasteiger partial charge in [-0.25, -0.2) is 4.39 Å². The van der Waals surface area contributed by atoms with Crippen molar-refractivity contribution in [3.8, 4) is 16.8 Å². The van der Waals surface area contributed by atoms with Crippen LogP contribution in [0.2, 0.25) is 5.02 Å². The predicted octanol–water partition coefficient (Wildman–Crippen LogP) is 4.58. The van der Waals surface area contributed by atoms with E-state index >= 15 is 4.39 Å². The topological polar surface area (TPSA) is 60.6 Å². The number of aromatic nitrogens is 5. The number of fused-ring (bicyclic) bond motifs is 4. The van der Waals surface area contributed by atoms with Crippen LogP contribution in [0.4, 0.5) is 10.1 Å². The normalized spacial score (nSPS) is 14.6. The number of benzene rings is 2. The molecule has 1 aliphatic heterocycles. The average molecular weight is 397 g/mol. The van der Waals surface area contributed by atoms with Gasteiger partial charge in [-0.1, -0.05) is 23.7 Å². The number of aryl methyl sites for hydroxylation is 2. The van der Waals surface area contributed by atoms with Gasteiger partial charge in [0.2, 0.25) is 0 Å². The smallest absolute Gasteiger partial charge is 0.162 e. The van der Waals surface area contributed by atoms with Crippen LogP contribution in [0.3, 0.4) is 0 Å². The third kappa shape index (κ3) is 2.16. The van der Waals surface area contributed by atoms with Crippen molar-refractivity contribution in [2.45, 2.75) is 26.3 Å². The van der Waals surface area contributed by atoms with Crippen LogP contribution >= 0.6 is 11.6 Å². The molecule has 1 N–H and O–H groups in total. The maximum Gasteiger partial charge on any atom is 0.162 e. The lowest BCUT2D eigenvalue weighted by Crippen LogP contribution is -2.36. The summed E-state index contributed by atoms with van der Waals surface area (Å²) in [5.41, 5.74) is 2.45. The van der Waals surface area contributed by atoms with E-state index in [0.717, 1.165) is 10.9 Å². The van der Waals surface area contributed by atoms with E-state index in [1.807, 2.05) is 46.0 Å². The molecule has 0 aliphatic carbocycles. The zero-order chi connectivity index (χ0) is 19.8. The van der Waals surface area contributed by atoms with Crippen LogP contribution in [0.1, 0.15) is 25.5 Å². The van der Waals surface area contributed by atoms with Crippen molar-refractivity contribution in [3.63, 3.8) is 0 Å². The van der Waals surface area contributed by atoms with E-state index in [-0.39, 0.29) is 0 Å². The van der Waals surface area contributed by atoms with Gasteiger partial charge in [0.1, 0.15) is 11.5 Å². The fourth-order valence-electron chi connectivity index (χ4n) is 3.99. The van der Waals surface area contributed by atoms with Crippen LogP contribution in [0.25, 0.3) is 27.7 Å². The van der Waals surface area contributed by atoms with E-state index in [1.54, 1.807) is 21.5 Å². The van der Waals surface area contributed by atoms with Gasteiger partial charge in [-0.3, -0.25) is 9.25 Å². The number of rotatable bonds is 1. The Kier molecular flexibility index (Phi) is 3.40. The lowest BCUT2D eigenvalue weighted by molar-refractivity contribution is 0.523. The summed E-state index contributed by atoms with van der Waals surface area (Å²) in [6.45, 7) is 5.77. The number of anilines is 1. The Morgan fingerprint density at radius 1 is 1.21 bits per heavy atom. The molecule has 142 valence electrons. The molecule has 0 radical (unpaired) electrons. The molecule has 28 heavy (non-hydrogen) atoms. The Morgan fingerprint density at radius 2 is 2.00 bits per heavy atom. The van der Waals surface area contributed by atoms with Gasteiger partial charge in [0.15, 0.2) is 11.6 Å². The maximum absolute atomic E-state index is 16.0. The first kappa shape index (κ1) is 17.2. The van der Waals surface area contributed by atoms with Crippen LogP contribution in [0.15, 0.2) is 30.5 Å². The van der Waals surface area contributed by atoms with Crippen molar-refractivity contribution < 1.29 is 4.39 Å². The average Bonchev–Trinajstić information content (AvgIpc) is 3.19. The zero-order valence-corrected chi connectivity index (χ0v) is 16.6. The second-order valence-corrected chi connectivity index (χ2v) is 8.01. The van der Waals surface area contributed by atoms with E-state index in [9.17, 15) is 0 Å². The zero-order valence-electron chi connectivity index (χ0n) is 15.9. The van der Waals surface area contributed by atoms with Crippen LogP contribution in [-0.4, -0.2) is 24.5 Å². The Balaban J connectivity index is 1.86. The van der Waals surface area contributed by atoms with Crippen molar-refractivity contribution in [2.75, 3.05) is 5.32 Å². The fourth-order valence-corrected chi connectivity index (χ4v) is 4.29. The summed E-state index contributed by atoms with van der Waals surface area (Å²) in [6, 6.07) is 7.46. The van der Waals surface area contributed by atoms with E-state index < -0.39 is 11.4 Å². The lowest BCUT2D eigenvalue weighted by Gasteiger charge is -2.34. The molecule has 5 rings (SSSR count). The summed E-state index contributed by atoms with van der Waals surface area (Å²) in [4.78, 5) is 0. The van der Waals surface area contributed by atoms with Gasteiger partial charge in [-0.2, -0.15) is 5.10 Å². The third-order valence-corrected chi connectivity index (χ3v) is 5.61. The second kappa shape index (κ2) is 5.54. The molecule has 0 saturated carbocycles. The number of hydrogen-bond acceptors (Lipinski definition) is 4. The second-order valence-electron chi connectivity index (χ2n) is 7.61. The maximum atomic E-state index is 16.0. The Morgan fingerprint density at radius 3 is 2.79 bits per heavy atom. The van der Waals surface area contributed by atoms with E-state index in [0.29, 0.717) is 39.2 Å². The molecule has 1 aliphatic rings. The minimum absolute atomic E-state index is 0.338. The molecule has 0 amide bonds. The monoisotopic (exact) mass is 396 g/mol. The number of hydrogen-bond donors (Lipinski definition) is 1. The third-order valence-electron chi connectivity index (χ3n) is 5.31. The highest BCUT2D eigenvalue weighted by Crippen LogP contribution is 2.45. The quantitative estimate of drug-likeness (QED) is 0.511. The number of nitrogens with one attached hydrogen (secondary N) is 1. The van der Waals surface area contributed by atoms with Crippen LogP contribution < -0.4 is 5.32 Å². The molecule has 0 spiro atoms. The summed E-state index contributed by atoms with van der Waals surface area (Å²) in [5.74, 6) is 0.868. The Bertz CT molecular complexity index is 1270. The molecule has 0 fully saturated rings. The number of halogens is 2. The van der Waals surface area contributed by atoms with E-state index in [2.05, 4.69) is 20.6 Å². The first-order valence-electron chi connectivity index (χ1n) is 8.94. The van der Waals surface area contributed by atoms with Crippen LogP contribution in [-0.2, 0) is 12.6 Å². The summed E-state index contributed by atoms with van der Waals surface area (Å²) < 4.78 is 19.5. The highest BCUT2D eigenvalue weighted by atomic mass is 35.5. The van der Waals surface area contributed by atoms with Gasteiger partial charge in [0.25, 0.3) is 0 Å². The predicted molar refractivity (Wildman–Crippen MR) is 107 cm³/mol. The number of nitrogens with zero attached hydrogens (tertiary/aromatic N) is 5. The molecule has 3 heterocycles. The summed E-state index contributed by atoms with van der Waals surface area (Å²) >= 11 is 6.59. The van der Waals surface area contributed by atoms with Crippen LogP contribution in [0.5, 0.6) is 0 Å². The molecular formula is C20H18ClFN6. The van der Waals surface area contributed by atoms with Crippen molar-refractivity contribution >= 4 is 28.2 Å². The standard InChI is InChI=1S/C20H18ClFN6/c1-10-25-26-19-20(2,3)24-14-8-13(21)16(17(22)18(14)28(10)19)11-6-5-7-15-12(11)9-23-27(15)4/h5-9,24H,1-4H3. The highest BCUT2D eigenvalue weighted by Gasteiger charge is 2.37. The summed E-state index contributed by atoms with van der Waals surface area (Å²) in [7, 11) is 1.86. The molecule has 0 unspecified atom stereocenters. The van der Waals surface area contributed by atoms with Crippen molar-refractivity contribution in [3.05, 3.63) is 53.0 Å². The first-order valence-corrected chi connectivity index (χ1v) is 9.31. The molecule has 6 nitrogen and oxygen atoms in total. The van der Waals surface area contributed by atoms with Gasteiger partial charge in [0, 0.05) is 18.0 Å². The largest absolute Gasteiger partial charge is 0.371 e. The molecule has 2 aromatic heterocycles. The van der Waals surface area contributed by atoms with Crippen molar-refractivity contribution in [1.29, 1.82) is 0 Å². The van der Waals surface area contributed by atoms with Gasteiger partial charge in [-0.15, -0.1) is 10.2 Å². The van der Waals surface area contributed by atoms with Gasteiger partial charge >= 0.3 is 0 Å². The Labute approximate surface area is 165 Å². The fraction of sp³-hybridized carbons (Fsp3) is 0.250. The summed E-state index contributed by atoms with van der Waals surface area (Å²) in [5, 5.41) is 17.3. The molecule has 8 heteroatoms. The SMILES string of the molecule is Cc1nnc2n1-c1c(cc(Cl)c(-c3cccc4c3cnn4C)c1F)NC2(C)C. The molecular weight excluding hydrogens is 379 g/mol. The van der Waals surface area contributed by atoms with Gasteiger partial charge in [0.05, 0.1) is 28.0 Å². The van der Waals surface area contributed by atoms with Crippen molar-refractivity contribution in [2.24, 2.45) is 7.05 Å². The van der Waals surface area contributed by atoms with Crippen molar-refractivity contribution in [1.82, 2.24) is 24.5 Å². The van der Waals surface area contributed by atoms with E-state index in [1.165, 1.54) is 0 Å². The van der Waals surface area contributed by atoms with E-state index in [4.69, 9.17) is 11.6 Å². The molecule has 2 aromatic carbocycles. The minimum atomic E-state index is -0.505. The van der Waals surface area contributed by atoms with Crippen LogP contribution in [0, 0.1) is 12.7 Å². The Hall–Kier alpha value is -2.93. The molecule has 0 bridgehead atoms. The lowest BCUT2D eigenvalue weighted by atomic mass is 9.95. The molecule has 0 atom stereocenters. The first-order chi connectivity index (χ1) is 13.3.